The summed E-state index contributed by atoms with van der Waals surface area (Å²) in [5.74, 6) is -0.450. The number of alkyl halides is 3. The van der Waals surface area contributed by atoms with Crippen LogP contribution in [0.1, 0.15) is 23.4 Å². The predicted octanol–water partition coefficient (Wildman–Crippen LogP) is 4.35. The van der Waals surface area contributed by atoms with E-state index in [1.807, 2.05) is 0 Å². The molecule has 0 spiro atoms. The number of aromatic nitrogens is 2. The molecule has 180 valence electrons. The van der Waals surface area contributed by atoms with E-state index in [0.717, 1.165) is 22.6 Å². The van der Waals surface area contributed by atoms with E-state index in [9.17, 15) is 26.4 Å². The van der Waals surface area contributed by atoms with Crippen LogP contribution in [0.5, 0.6) is 0 Å². The van der Waals surface area contributed by atoms with Gasteiger partial charge in [-0.2, -0.15) is 17.5 Å². The number of benzene rings is 1. The summed E-state index contributed by atoms with van der Waals surface area (Å²) in [7, 11) is -3.92. The van der Waals surface area contributed by atoms with Crippen molar-refractivity contribution in [1.29, 1.82) is 0 Å². The fourth-order valence-corrected chi connectivity index (χ4v) is 6.03. The summed E-state index contributed by atoms with van der Waals surface area (Å²) in [6.07, 6.45) is -2.35. The second-order valence-electron chi connectivity index (χ2n) is 7.51. The lowest BCUT2D eigenvalue weighted by molar-refractivity contribution is -0.137. The van der Waals surface area contributed by atoms with E-state index in [0.29, 0.717) is 29.1 Å². The van der Waals surface area contributed by atoms with Gasteiger partial charge in [0, 0.05) is 23.7 Å². The molecule has 3 heterocycles. The van der Waals surface area contributed by atoms with Gasteiger partial charge < -0.3 is 5.32 Å². The highest BCUT2D eigenvalue weighted by atomic mass is 35.5. The van der Waals surface area contributed by atoms with Crippen LogP contribution in [0, 0.1) is 0 Å². The number of halogens is 4. The summed E-state index contributed by atoms with van der Waals surface area (Å²) in [5, 5.41) is 5.10. The highest BCUT2D eigenvalue weighted by Crippen LogP contribution is 2.31. The molecule has 0 bridgehead atoms. The molecular formula is C21H18ClF3N4O3S2. The molecule has 34 heavy (non-hydrogen) atoms. The number of nitrogens with zero attached hydrogens (tertiary/aromatic N) is 3. The number of pyridine rings is 1. The Kier molecular flexibility index (Phi) is 6.94. The van der Waals surface area contributed by atoms with Gasteiger partial charge in [-0.15, -0.1) is 11.3 Å². The summed E-state index contributed by atoms with van der Waals surface area (Å²) < 4.78 is 65.3. The molecule has 1 N–H and O–H groups in total. The fourth-order valence-electron chi connectivity index (χ4n) is 3.58. The fraction of sp³-hybridized carbons (Fsp3) is 0.286. The van der Waals surface area contributed by atoms with Crippen LogP contribution < -0.4 is 5.32 Å². The van der Waals surface area contributed by atoms with E-state index in [1.54, 1.807) is 5.38 Å². The van der Waals surface area contributed by atoms with E-state index in [1.165, 1.54) is 35.6 Å². The molecule has 13 heteroatoms. The lowest BCUT2D eigenvalue weighted by Gasteiger charge is -2.23. The van der Waals surface area contributed by atoms with Crippen LogP contribution in [0.15, 0.2) is 52.9 Å². The summed E-state index contributed by atoms with van der Waals surface area (Å²) in [4.78, 5) is 20.9. The average Bonchev–Trinajstić information content (AvgIpc) is 3.48. The standard InChI is InChI=1S/C21H18ClF3N4O3S2/c22-18-8-7-15(10-26-18)34(31,32)29-9-1-2-17(29)20(30)27-11-19-28-16(12-33-19)13-3-5-14(6-4-13)21(23,24)25/h3-8,10,12,17H,1-2,9,11H2,(H,27,30)/t17-/m0/s1. The molecule has 0 aliphatic carbocycles. The summed E-state index contributed by atoms with van der Waals surface area (Å²) in [5.41, 5.74) is 0.263. The molecule has 3 aromatic rings. The maximum atomic E-state index is 13.0. The van der Waals surface area contributed by atoms with Crippen LogP contribution >= 0.6 is 22.9 Å². The van der Waals surface area contributed by atoms with Gasteiger partial charge in [-0.25, -0.2) is 18.4 Å². The topological polar surface area (TPSA) is 92.3 Å². The number of hydrogen-bond donors (Lipinski definition) is 1. The first-order valence-electron chi connectivity index (χ1n) is 10.1. The van der Waals surface area contributed by atoms with Crippen LogP contribution in [0.2, 0.25) is 5.15 Å². The Morgan fingerprint density at radius 1 is 1.21 bits per heavy atom. The normalized spacial score (nSPS) is 17.1. The molecule has 1 aliphatic rings. The molecule has 0 radical (unpaired) electrons. The van der Waals surface area contributed by atoms with Crippen molar-refractivity contribution in [3.63, 3.8) is 0 Å². The first-order chi connectivity index (χ1) is 16.1. The third-order valence-electron chi connectivity index (χ3n) is 5.29. The van der Waals surface area contributed by atoms with E-state index < -0.39 is 33.7 Å². The van der Waals surface area contributed by atoms with E-state index in [4.69, 9.17) is 11.6 Å². The monoisotopic (exact) mass is 530 g/mol. The zero-order valence-corrected chi connectivity index (χ0v) is 19.8. The van der Waals surface area contributed by atoms with Crippen molar-refractivity contribution in [1.82, 2.24) is 19.6 Å². The molecular weight excluding hydrogens is 513 g/mol. The van der Waals surface area contributed by atoms with Crippen LogP contribution in [0.4, 0.5) is 13.2 Å². The van der Waals surface area contributed by atoms with Crippen molar-refractivity contribution >= 4 is 38.9 Å². The third-order valence-corrected chi connectivity index (χ3v) is 8.25. The Bertz CT molecular complexity index is 1280. The number of amides is 1. The lowest BCUT2D eigenvalue weighted by atomic mass is 10.1. The molecule has 1 fully saturated rings. The number of hydrogen-bond acceptors (Lipinski definition) is 6. The zero-order chi connectivity index (χ0) is 24.5. The maximum absolute atomic E-state index is 13.0. The Labute approximate surface area is 202 Å². The second kappa shape index (κ2) is 9.61. The highest BCUT2D eigenvalue weighted by molar-refractivity contribution is 7.89. The van der Waals surface area contributed by atoms with Crippen molar-refractivity contribution in [2.24, 2.45) is 0 Å². The van der Waals surface area contributed by atoms with E-state index >= 15 is 0 Å². The van der Waals surface area contributed by atoms with Crippen molar-refractivity contribution in [2.75, 3.05) is 6.54 Å². The molecule has 4 rings (SSSR count). The van der Waals surface area contributed by atoms with Crippen LogP contribution in [0.3, 0.4) is 0 Å². The number of thiazole rings is 1. The largest absolute Gasteiger partial charge is 0.416 e. The Balaban J connectivity index is 1.41. The van der Waals surface area contributed by atoms with Gasteiger partial charge in [0.2, 0.25) is 15.9 Å². The zero-order valence-electron chi connectivity index (χ0n) is 17.4. The highest BCUT2D eigenvalue weighted by Gasteiger charge is 2.39. The molecule has 2 aromatic heterocycles. The molecule has 1 amide bonds. The predicted molar refractivity (Wildman–Crippen MR) is 121 cm³/mol. The van der Waals surface area contributed by atoms with Gasteiger partial charge in [-0.3, -0.25) is 4.79 Å². The Morgan fingerprint density at radius 3 is 2.59 bits per heavy atom. The summed E-state index contributed by atoms with van der Waals surface area (Å²) >= 11 is 6.97. The minimum absolute atomic E-state index is 0.0438. The smallest absolute Gasteiger partial charge is 0.348 e. The number of nitrogens with one attached hydrogen (secondary N) is 1. The molecule has 1 saturated heterocycles. The van der Waals surface area contributed by atoms with Gasteiger partial charge in [-0.1, -0.05) is 23.7 Å². The first kappa shape index (κ1) is 24.6. The second-order valence-corrected chi connectivity index (χ2v) is 10.7. The molecule has 1 aliphatic heterocycles. The van der Waals surface area contributed by atoms with Crippen molar-refractivity contribution in [2.45, 2.75) is 36.5 Å². The Morgan fingerprint density at radius 2 is 1.94 bits per heavy atom. The maximum Gasteiger partial charge on any atom is 0.416 e. The number of rotatable bonds is 6. The van der Waals surface area contributed by atoms with E-state index in [2.05, 4.69) is 15.3 Å². The summed E-state index contributed by atoms with van der Waals surface area (Å²) in [6, 6.07) is 6.51. The van der Waals surface area contributed by atoms with Gasteiger partial charge in [0.05, 0.1) is 17.8 Å². The molecule has 7 nitrogen and oxygen atoms in total. The number of carbonyl (C=O) groups is 1. The molecule has 0 unspecified atom stereocenters. The van der Waals surface area contributed by atoms with Gasteiger partial charge in [0.1, 0.15) is 21.1 Å². The molecule has 1 aromatic carbocycles. The number of carbonyl (C=O) groups excluding carboxylic acids is 1. The third kappa shape index (κ3) is 5.24. The van der Waals surface area contributed by atoms with Crippen molar-refractivity contribution in [3.05, 3.63) is 63.7 Å². The minimum atomic E-state index is -4.41. The van der Waals surface area contributed by atoms with E-state index in [-0.39, 0.29) is 23.1 Å². The molecule has 1 atom stereocenters. The van der Waals surface area contributed by atoms with Gasteiger partial charge in [0.25, 0.3) is 0 Å². The van der Waals surface area contributed by atoms with Crippen LogP contribution in [-0.4, -0.2) is 41.2 Å². The minimum Gasteiger partial charge on any atom is -0.348 e. The first-order valence-corrected chi connectivity index (χ1v) is 12.8. The van der Waals surface area contributed by atoms with Gasteiger partial charge in [-0.05, 0) is 37.1 Å². The van der Waals surface area contributed by atoms with Crippen molar-refractivity contribution in [3.8, 4) is 11.3 Å². The van der Waals surface area contributed by atoms with Crippen LogP contribution in [0.25, 0.3) is 11.3 Å². The van der Waals surface area contributed by atoms with Crippen LogP contribution in [-0.2, 0) is 27.5 Å². The van der Waals surface area contributed by atoms with Gasteiger partial charge >= 0.3 is 6.18 Å². The van der Waals surface area contributed by atoms with Gasteiger partial charge in [0.15, 0.2) is 0 Å². The molecule has 0 saturated carbocycles. The quantitative estimate of drug-likeness (QED) is 0.478. The van der Waals surface area contributed by atoms with Crippen molar-refractivity contribution < 1.29 is 26.4 Å². The Hall–Kier alpha value is -2.54. The lowest BCUT2D eigenvalue weighted by Crippen LogP contribution is -2.45. The average molecular weight is 531 g/mol. The summed E-state index contributed by atoms with van der Waals surface area (Å²) in [6.45, 7) is 0.273. The SMILES string of the molecule is O=C(NCc1nc(-c2ccc(C(F)(F)F)cc2)cs1)[C@@H]1CCCN1S(=O)(=O)c1ccc(Cl)nc1. The number of sulfonamides is 1.